The second-order valence-corrected chi connectivity index (χ2v) is 4.66. The number of hydrogen-bond donors (Lipinski definition) is 0. The highest BCUT2D eigenvalue weighted by Gasteiger charge is 2.36. The average Bonchev–Trinajstić information content (AvgIpc) is 2.91. The lowest BCUT2D eigenvalue weighted by Gasteiger charge is -1.96. The molecule has 15 heavy (non-hydrogen) atoms. The molecule has 88 valence electrons. The highest BCUT2D eigenvalue weighted by atomic mass is 16.6. The van der Waals surface area contributed by atoms with Crippen LogP contribution in [0.2, 0.25) is 0 Å². The van der Waals surface area contributed by atoms with Gasteiger partial charge in [-0.15, -0.1) is 0 Å². The van der Waals surface area contributed by atoms with Crippen molar-refractivity contribution in [2.75, 3.05) is 0 Å². The molecule has 1 saturated heterocycles. The smallest absolute Gasteiger partial charge is 0.129 e. The van der Waals surface area contributed by atoms with E-state index in [0.29, 0.717) is 18.0 Å². The van der Waals surface area contributed by atoms with E-state index in [1.165, 1.54) is 32.1 Å². The van der Waals surface area contributed by atoms with Crippen molar-refractivity contribution in [2.45, 2.75) is 77.4 Å². The van der Waals surface area contributed by atoms with Gasteiger partial charge in [0, 0.05) is 6.42 Å². The van der Waals surface area contributed by atoms with Crippen LogP contribution in [0.1, 0.15) is 65.2 Å². The maximum atomic E-state index is 10.7. The Kier molecular flexibility index (Phi) is 5.92. The van der Waals surface area contributed by atoms with Crippen molar-refractivity contribution in [3.05, 3.63) is 0 Å². The topological polar surface area (TPSA) is 29.6 Å². The Labute approximate surface area is 93.4 Å². The van der Waals surface area contributed by atoms with E-state index in [-0.39, 0.29) is 0 Å². The van der Waals surface area contributed by atoms with E-state index in [1.807, 2.05) is 0 Å². The van der Waals surface area contributed by atoms with Gasteiger partial charge in [-0.2, -0.15) is 0 Å². The Balaban J connectivity index is 1.87. The van der Waals surface area contributed by atoms with Crippen LogP contribution in [0.25, 0.3) is 0 Å². The molecule has 1 rings (SSSR count). The lowest BCUT2D eigenvalue weighted by Crippen LogP contribution is -1.96. The van der Waals surface area contributed by atoms with Crippen LogP contribution in [-0.2, 0) is 9.53 Å². The molecule has 2 nitrogen and oxygen atoms in total. The lowest BCUT2D eigenvalue weighted by molar-refractivity contribution is -0.117. The first-order valence-electron chi connectivity index (χ1n) is 6.39. The van der Waals surface area contributed by atoms with E-state index in [4.69, 9.17) is 4.74 Å². The molecule has 2 atom stereocenters. The highest BCUT2D eigenvalue weighted by molar-refractivity contribution is 5.75. The molecular weight excluding hydrogens is 188 g/mol. The van der Waals surface area contributed by atoms with Crippen LogP contribution in [0.4, 0.5) is 0 Å². The molecule has 1 heterocycles. The van der Waals surface area contributed by atoms with E-state index < -0.39 is 0 Å². The molecule has 0 bridgehead atoms. The van der Waals surface area contributed by atoms with Crippen LogP contribution < -0.4 is 0 Å². The first kappa shape index (κ1) is 12.7. The number of ether oxygens (including phenoxy) is 1. The SMILES string of the molecule is CCCCCC[C@@H]1O[C@H]1CCCC(C)=O. The summed E-state index contributed by atoms with van der Waals surface area (Å²) in [5, 5.41) is 0. The van der Waals surface area contributed by atoms with E-state index in [9.17, 15) is 4.79 Å². The molecule has 0 aromatic carbocycles. The van der Waals surface area contributed by atoms with Gasteiger partial charge in [-0.1, -0.05) is 32.6 Å². The Morgan fingerprint density at radius 1 is 1.07 bits per heavy atom. The van der Waals surface area contributed by atoms with E-state index >= 15 is 0 Å². The van der Waals surface area contributed by atoms with Crippen LogP contribution in [0.5, 0.6) is 0 Å². The second kappa shape index (κ2) is 7.00. The Morgan fingerprint density at radius 2 is 1.73 bits per heavy atom. The standard InChI is InChI=1S/C13H24O2/c1-3-4-5-6-9-12-13(15-12)10-7-8-11(2)14/h12-13H,3-10H2,1-2H3/t12-,13-/m0/s1. The fraction of sp³-hybridized carbons (Fsp3) is 0.923. The summed E-state index contributed by atoms with van der Waals surface area (Å²) in [5.41, 5.74) is 0. The molecule has 2 heteroatoms. The van der Waals surface area contributed by atoms with Gasteiger partial charge in [-0.25, -0.2) is 0 Å². The summed E-state index contributed by atoms with van der Waals surface area (Å²) in [5.74, 6) is 0.301. The quantitative estimate of drug-likeness (QED) is 0.432. The van der Waals surface area contributed by atoms with Crippen molar-refractivity contribution < 1.29 is 9.53 Å². The zero-order valence-electron chi connectivity index (χ0n) is 10.1. The molecule has 0 unspecified atom stereocenters. The molecule has 0 aromatic rings. The molecule has 0 spiro atoms. The minimum Gasteiger partial charge on any atom is -0.370 e. The predicted octanol–water partition coefficient (Wildman–Crippen LogP) is 3.48. The molecule has 1 aliphatic rings. The zero-order chi connectivity index (χ0) is 11.1. The van der Waals surface area contributed by atoms with Crippen LogP contribution in [-0.4, -0.2) is 18.0 Å². The van der Waals surface area contributed by atoms with Gasteiger partial charge in [0.05, 0.1) is 12.2 Å². The summed E-state index contributed by atoms with van der Waals surface area (Å²) in [6, 6.07) is 0. The van der Waals surface area contributed by atoms with Crippen molar-refractivity contribution in [1.82, 2.24) is 0 Å². The minimum absolute atomic E-state index is 0.301. The molecular formula is C13H24O2. The third-order valence-corrected chi connectivity index (χ3v) is 3.05. The number of ketones is 1. The first-order chi connectivity index (χ1) is 7.24. The number of carbonyl (C=O) groups is 1. The summed E-state index contributed by atoms with van der Waals surface area (Å²) in [4.78, 5) is 10.7. The van der Waals surface area contributed by atoms with Gasteiger partial charge in [0.25, 0.3) is 0 Å². The summed E-state index contributed by atoms with van der Waals surface area (Å²) in [6.07, 6.45) is 10.3. The highest BCUT2D eigenvalue weighted by Crippen LogP contribution is 2.31. The predicted molar refractivity (Wildman–Crippen MR) is 62.0 cm³/mol. The van der Waals surface area contributed by atoms with Crippen LogP contribution in [0, 0.1) is 0 Å². The van der Waals surface area contributed by atoms with Crippen LogP contribution in [0.15, 0.2) is 0 Å². The molecule has 1 aliphatic heterocycles. The second-order valence-electron chi connectivity index (χ2n) is 4.66. The molecule has 0 N–H and O–H groups in total. The number of Topliss-reactive ketones (excluding diaryl/α,β-unsaturated/α-hetero) is 1. The summed E-state index contributed by atoms with van der Waals surface area (Å²) in [6.45, 7) is 3.90. The van der Waals surface area contributed by atoms with Crippen LogP contribution in [0.3, 0.4) is 0 Å². The lowest BCUT2D eigenvalue weighted by atomic mass is 10.1. The maximum absolute atomic E-state index is 10.7. The Morgan fingerprint density at radius 3 is 2.33 bits per heavy atom. The Hall–Kier alpha value is -0.370. The fourth-order valence-electron chi connectivity index (χ4n) is 2.01. The van der Waals surface area contributed by atoms with Crippen molar-refractivity contribution in [1.29, 1.82) is 0 Å². The van der Waals surface area contributed by atoms with Gasteiger partial charge in [0.1, 0.15) is 5.78 Å². The summed E-state index contributed by atoms with van der Waals surface area (Å²) in [7, 11) is 0. The number of epoxide rings is 1. The Bertz CT molecular complexity index is 189. The monoisotopic (exact) mass is 212 g/mol. The molecule has 1 fully saturated rings. The van der Waals surface area contributed by atoms with E-state index in [1.54, 1.807) is 6.92 Å². The van der Waals surface area contributed by atoms with Crippen LogP contribution >= 0.6 is 0 Å². The third kappa shape index (κ3) is 5.93. The van der Waals surface area contributed by atoms with Gasteiger partial charge in [0.15, 0.2) is 0 Å². The zero-order valence-corrected chi connectivity index (χ0v) is 10.1. The van der Waals surface area contributed by atoms with Crippen molar-refractivity contribution in [3.8, 4) is 0 Å². The summed E-state index contributed by atoms with van der Waals surface area (Å²) >= 11 is 0. The molecule has 0 amide bonds. The minimum atomic E-state index is 0.301. The van der Waals surface area contributed by atoms with Gasteiger partial charge in [0.2, 0.25) is 0 Å². The normalized spacial score (nSPS) is 24.1. The van der Waals surface area contributed by atoms with Crippen molar-refractivity contribution >= 4 is 5.78 Å². The number of unbranched alkanes of at least 4 members (excludes halogenated alkanes) is 3. The largest absolute Gasteiger partial charge is 0.370 e. The fourth-order valence-corrected chi connectivity index (χ4v) is 2.01. The van der Waals surface area contributed by atoms with Gasteiger partial charge < -0.3 is 9.53 Å². The van der Waals surface area contributed by atoms with Crippen molar-refractivity contribution in [2.24, 2.45) is 0 Å². The third-order valence-electron chi connectivity index (χ3n) is 3.05. The average molecular weight is 212 g/mol. The van der Waals surface area contributed by atoms with Crippen molar-refractivity contribution in [3.63, 3.8) is 0 Å². The number of carbonyl (C=O) groups excluding carboxylic acids is 1. The van der Waals surface area contributed by atoms with Gasteiger partial charge in [-0.05, 0) is 26.2 Å². The molecule has 0 aliphatic carbocycles. The molecule has 0 saturated carbocycles. The van der Waals surface area contributed by atoms with Gasteiger partial charge in [-0.3, -0.25) is 0 Å². The number of hydrogen-bond acceptors (Lipinski definition) is 2. The van der Waals surface area contributed by atoms with E-state index in [0.717, 1.165) is 19.3 Å². The summed E-state index contributed by atoms with van der Waals surface area (Å²) < 4.78 is 5.57. The van der Waals surface area contributed by atoms with E-state index in [2.05, 4.69) is 6.92 Å². The number of rotatable bonds is 9. The maximum Gasteiger partial charge on any atom is 0.129 e. The molecule has 0 radical (unpaired) electrons. The molecule has 0 aromatic heterocycles. The first-order valence-corrected chi connectivity index (χ1v) is 6.39. The van der Waals surface area contributed by atoms with Gasteiger partial charge >= 0.3 is 0 Å².